The summed E-state index contributed by atoms with van der Waals surface area (Å²) in [6.07, 6.45) is 0. The van der Waals surface area contributed by atoms with Crippen molar-refractivity contribution >= 4 is 36.6 Å². The quantitative estimate of drug-likeness (QED) is 0.396. The second-order valence-corrected chi connectivity index (χ2v) is 4.53. The van der Waals surface area contributed by atoms with Crippen molar-refractivity contribution in [1.82, 2.24) is 4.98 Å². The largest absolute Gasteiger partial charge is 1.00 e. The van der Waals surface area contributed by atoms with Gasteiger partial charge in [0.25, 0.3) is 0 Å². The van der Waals surface area contributed by atoms with E-state index in [1.807, 2.05) is 30.3 Å². The van der Waals surface area contributed by atoms with Crippen molar-refractivity contribution in [1.29, 1.82) is 0 Å². The van der Waals surface area contributed by atoms with Gasteiger partial charge in [0.15, 0.2) is 0 Å². The van der Waals surface area contributed by atoms with Gasteiger partial charge in [0, 0.05) is 5.01 Å². The Labute approximate surface area is 148 Å². The minimum Gasteiger partial charge on any atom is -0.761 e. The van der Waals surface area contributed by atoms with Gasteiger partial charge < -0.3 is 36.6 Å². The Balaban J connectivity index is 0.000000980. The van der Waals surface area contributed by atoms with Crippen LogP contribution in [0.1, 0.15) is 0 Å². The molecular weight excluding hydrogens is 264 g/mol. The summed E-state index contributed by atoms with van der Waals surface area (Å²) in [4.78, 5) is 4.21. The van der Waals surface area contributed by atoms with Crippen molar-refractivity contribution in [2.24, 2.45) is 0 Å². The zero-order chi connectivity index (χ0) is 9.26. The molecule has 0 radical (unpaired) electrons. The molecule has 6 heteroatoms. The van der Waals surface area contributed by atoms with Gasteiger partial charge in [0.2, 0.25) is 0 Å². The van der Waals surface area contributed by atoms with Crippen LogP contribution in [0.2, 0.25) is 0 Å². The van der Waals surface area contributed by atoms with Crippen LogP contribution in [0.5, 0.6) is 0 Å². The molecule has 0 saturated heterocycles. The Morgan fingerprint density at radius 3 is 2.07 bits per heavy atom. The van der Waals surface area contributed by atoms with Crippen LogP contribution in [0.15, 0.2) is 39.6 Å². The van der Waals surface area contributed by atoms with E-state index in [-0.39, 0.29) is 59.1 Å². The van der Waals surface area contributed by atoms with Crippen LogP contribution in [0, 0.1) is 0 Å². The molecule has 2 rings (SSSR count). The van der Waals surface area contributed by atoms with E-state index in [0.29, 0.717) is 9.24 Å². The minimum atomic E-state index is 0. The molecule has 0 fully saturated rings. The zero-order valence-corrected chi connectivity index (χ0v) is 15.0. The van der Waals surface area contributed by atoms with Crippen molar-refractivity contribution < 1.29 is 59.1 Å². The van der Waals surface area contributed by atoms with E-state index >= 15 is 0 Å². The summed E-state index contributed by atoms with van der Waals surface area (Å²) in [5.41, 5.74) is 1.08. The molecule has 1 nitrogen and oxygen atoms in total. The van der Waals surface area contributed by atoms with Crippen LogP contribution >= 0.6 is 11.3 Å². The first-order chi connectivity index (χ1) is 6.27. The summed E-state index contributed by atoms with van der Waals surface area (Å²) >= 11 is 11.5. The first-order valence-electron chi connectivity index (χ1n) is 3.67. The van der Waals surface area contributed by atoms with Gasteiger partial charge in [-0.05, 0) is 5.56 Å². The van der Waals surface area contributed by atoms with Gasteiger partial charge in [-0.1, -0.05) is 35.4 Å². The number of thiazole rings is 1. The molecule has 0 aliphatic carbocycles. The van der Waals surface area contributed by atoms with E-state index < -0.39 is 0 Å². The third-order valence-corrected chi connectivity index (χ3v) is 3.48. The molecule has 0 spiro atoms. The van der Waals surface area contributed by atoms with Crippen molar-refractivity contribution in [2.75, 3.05) is 0 Å². The molecule has 15 heavy (non-hydrogen) atoms. The van der Waals surface area contributed by atoms with Crippen molar-refractivity contribution in [3.05, 3.63) is 30.3 Å². The maximum atomic E-state index is 5.03. The van der Waals surface area contributed by atoms with Crippen LogP contribution in [0.3, 0.4) is 0 Å². The van der Waals surface area contributed by atoms with E-state index in [2.05, 4.69) is 4.98 Å². The van der Waals surface area contributed by atoms with E-state index in [1.165, 1.54) is 11.3 Å². The second kappa shape index (κ2) is 7.58. The first kappa shape index (κ1) is 16.3. The summed E-state index contributed by atoms with van der Waals surface area (Å²) in [6.45, 7) is 0. The molecule has 0 aliphatic heterocycles. The normalized spacial score (nSPS) is 8.80. The van der Waals surface area contributed by atoms with Crippen molar-refractivity contribution in [3.8, 4) is 10.6 Å². The average molecular weight is 269 g/mol. The molecule has 66 valence electrons. The van der Waals surface area contributed by atoms with Crippen LogP contribution < -0.4 is 59.1 Å². The smallest absolute Gasteiger partial charge is 0.761 e. The molecule has 0 amide bonds. The predicted molar refractivity (Wildman–Crippen MR) is 58.8 cm³/mol. The van der Waals surface area contributed by atoms with Crippen LogP contribution in [0.25, 0.3) is 10.6 Å². The first-order valence-corrected chi connectivity index (χ1v) is 5.31. The summed E-state index contributed by atoms with van der Waals surface area (Å²) in [5.74, 6) is 0. The fourth-order valence-electron chi connectivity index (χ4n) is 0.996. The zero-order valence-electron chi connectivity index (χ0n) is 8.56. The average Bonchev–Trinajstić information content (AvgIpc) is 2.49. The van der Waals surface area contributed by atoms with Gasteiger partial charge >= 0.3 is 59.1 Å². The molecular formula is C9H5NNa2S3. The molecule has 1 heterocycles. The van der Waals surface area contributed by atoms with E-state index in [9.17, 15) is 0 Å². The topological polar surface area (TPSA) is 12.9 Å². The van der Waals surface area contributed by atoms with Gasteiger partial charge in [0.1, 0.15) is 0 Å². The number of rotatable bonds is 1. The van der Waals surface area contributed by atoms with Crippen LogP contribution in [-0.2, 0) is 25.3 Å². The van der Waals surface area contributed by atoms with Gasteiger partial charge in [-0.25, -0.2) is 0 Å². The number of nitrogens with zero attached hydrogens (tertiary/aromatic N) is 1. The predicted octanol–water partition coefficient (Wildman–Crippen LogP) is -3.37. The standard InChI is InChI=1S/C9H7NS3.2Na/c11-7-9(12)13-8(10-7)6-4-2-1-3-5-6;;/h1-5,11-12H;;/q;2*+1/p-2. The number of aromatic nitrogens is 1. The van der Waals surface area contributed by atoms with Gasteiger partial charge in [0.05, 0.1) is 0 Å². The molecule has 2 aromatic rings. The molecule has 0 bridgehead atoms. The van der Waals surface area contributed by atoms with E-state index in [4.69, 9.17) is 25.3 Å². The monoisotopic (exact) mass is 269 g/mol. The second-order valence-electron chi connectivity index (χ2n) is 2.48. The van der Waals surface area contributed by atoms with E-state index in [1.54, 1.807) is 0 Å². The summed E-state index contributed by atoms with van der Waals surface area (Å²) in [5, 5.41) is 1.45. The van der Waals surface area contributed by atoms with Crippen LogP contribution in [-0.4, -0.2) is 4.98 Å². The van der Waals surface area contributed by atoms with Gasteiger partial charge in [-0.2, -0.15) is 0 Å². The Morgan fingerprint density at radius 1 is 1.00 bits per heavy atom. The number of benzene rings is 1. The fraction of sp³-hybridized carbons (Fsp3) is 0. The number of hydrogen-bond acceptors (Lipinski definition) is 4. The Hall–Kier alpha value is 1.29. The third kappa shape index (κ3) is 4.22. The van der Waals surface area contributed by atoms with Gasteiger partial charge in [-0.3, -0.25) is 4.98 Å². The Kier molecular flexibility index (Phi) is 8.24. The van der Waals surface area contributed by atoms with Gasteiger partial charge in [-0.15, -0.1) is 4.21 Å². The summed E-state index contributed by atoms with van der Waals surface area (Å²) in [7, 11) is 0. The Morgan fingerprint density at radius 2 is 1.60 bits per heavy atom. The van der Waals surface area contributed by atoms with Crippen molar-refractivity contribution in [3.63, 3.8) is 0 Å². The molecule has 0 saturated carbocycles. The molecule has 0 aliphatic rings. The SMILES string of the molecule is [Na+].[Na+].[S-]c1nc(-c2ccccc2)sc1[S-]. The van der Waals surface area contributed by atoms with E-state index in [0.717, 1.165) is 10.6 Å². The third-order valence-electron chi connectivity index (χ3n) is 1.59. The number of hydrogen-bond donors (Lipinski definition) is 0. The molecule has 0 N–H and O–H groups in total. The molecule has 0 atom stereocenters. The summed E-state index contributed by atoms with van der Waals surface area (Å²) in [6, 6.07) is 9.93. The maximum Gasteiger partial charge on any atom is 1.00 e. The summed E-state index contributed by atoms with van der Waals surface area (Å²) < 4.78 is 0.703. The molecule has 1 aromatic heterocycles. The Bertz CT molecular complexity index is 397. The fourth-order valence-corrected chi connectivity index (χ4v) is 2.25. The molecule has 1 aromatic carbocycles. The van der Waals surface area contributed by atoms with Crippen LogP contribution in [0.4, 0.5) is 0 Å². The maximum absolute atomic E-state index is 5.03. The molecule has 0 unspecified atom stereocenters. The minimum absolute atomic E-state index is 0. The van der Waals surface area contributed by atoms with Crippen molar-refractivity contribution in [2.45, 2.75) is 9.24 Å².